The molecule has 2 rings (SSSR count). The van der Waals surface area contributed by atoms with E-state index in [1.807, 2.05) is 25.1 Å². The standard InChI is InChI=1S/C17H26N2O2/c1-3-4-11-21-15-5-6-16(13(2)12-15)19-17(20)14-7-9-18-10-8-14/h5-6,12,14,18H,3-4,7-11H2,1-2H3,(H,19,20). The van der Waals surface area contributed by atoms with Gasteiger partial charge in [0.1, 0.15) is 5.75 Å². The second-order valence-corrected chi connectivity index (χ2v) is 5.69. The van der Waals surface area contributed by atoms with Crippen molar-refractivity contribution in [1.82, 2.24) is 5.32 Å². The first-order valence-electron chi connectivity index (χ1n) is 7.95. The van der Waals surface area contributed by atoms with Gasteiger partial charge in [0.15, 0.2) is 0 Å². The molecule has 1 saturated heterocycles. The van der Waals surface area contributed by atoms with Gasteiger partial charge in [-0.2, -0.15) is 0 Å². The van der Waals surface area contributed by atoms with Crippen molar-refractivity contribution in [1.29, 1.82) is 0 Å². The lowest BCUT2D eigenvalue weighted by atomic mass is 9.97. The van der Waals surface area contributed by atoms with Crippen molar-refractivity contribution in [3.63, 3.8) is 0 Å². The summed E-state index contributed by atoms with van der Waals surface area (Å²) in [5.74, 6) is 1.14. The number of aryl methyl sites for hydroxylation is 1. The number of piperidine rings is 1. The number of carbonyl (C=O) groups is 1. The van der Waals surface area contributed by atoms with Crippen molar-refractivity contribution in [2.45, 2.75) is 39.5 Å². The summed E-state index contributed by atoms with van der Waals surface area (Å²) in [5, 5.41) is 6.33. The monoisotopic (exact) mass is 290 g/mol. The SMILES string of the molecule is CCCCOc1ccc(NC(=O)C2CCNCC2)c(C)c1. The number of rotatable bonds is 6. The fraction of sp³-hybridized carbons (Fsp3) is 0.588. The maximum atomic E-state index is 12.2. The number of hydrogen-bond acceptors (Lipinski definition) is 3. The van der Waals surface area contributed by atoms with Crippen molar-refractivity contribution in [3.8, 4) is 5.75 Å². The van der Waals surface area contributed by atoms with E-state index < -0.39 is 0 Å². The van der Waals surface area contributed by atoms with Crippen LogP contribution in [0.15, 0.2) is 18.2 Å². The van der Waals surface area contributed by atoms with E-state index in [4.69, 9.17) is 4.74 Å². The third-order valence-electron chi connectivity index (χ3n) is 3.93. The second-order valence-electron chi connectivity index (χ2n) is 5.69. The van der Waals surface area contributed by atoms with Crippen LogP contribution in [0.2, 0.25) is 0 Å². The van der Waals surface area contributed by atoms with Crippen LogP contribution in [0.4, 0.5) is 5.69 Å². The molecule has 0 aromatic heterocycles. The van der Waals surface area contributed by atoms with E-state index in [0.29, 0.717) is 0 Å². The molecule has 0 bridgehead atoms. The molecule has 0 atom stereocenters. The summed E-state index contributed by atoms with van der Waals surface area (Å²) in [6, 6.07) is 5.87. The van der Waals surface area contributed by atoms with Crippen LogP contribution in [0.25, 0.3) is 0 Å². The molecule has 1 aromatic carbocycles. The Morgan fingerprint density at radius 3 is 2.81 bits per heavy atom. The minimum Gasteiger partial charge on any atom is -0.494 e. The average molecular weight is 290 g/mol. The first kappa shape index (κ1) is 15.8. The average Bonchev–Trinajstić information content (AvgIpc) is 2.51. The summed E-state index contributed by atoms with van der Waals surface area (Å²) in [5.41, 5.74) is 1.94. The van der Waals surface area contributed by atoms with E-state index in [1.54, 1.807) is 0 Å². The molecule has 1 aliphatic rings. The van der Waals surface area contributed by atoms with Gasteiger partial charge in [0.25, 0.3) is 0 Å². The van der Waals surface area contributed by atoms with Crippen LogP contribution in [0.1, 0.15) is 38.2 Å². The molecule has 0 radical (unpaired) electrons. The molecular formula is C17H26N2O2. The molecule has 1 amide bonds. The molecule has 116 valence electrons. The highest BCUT2D eigenvalue weighted by Crippen LogP contribution is 2.23. The molecule has 21 heavy (non-hydrogen) atoms. The Bertz CT molecular complexity index is 468. The fourth-order valence-corrected chi connectivity index (χ4v) is 2.52. The van der Waals surface area contributed by atoms with E-state index in [0.717, 1.165) is 62.4 Å². The Morgan fingerprint density at radius 1 is 1.38 bits per heavy atom. The minimum absolute atomic E-state index is 0.131. The number of unbranched alkanes of at least 4 members (excludes halogenated alkanes) is 1. The molecule has 0 aliphatic carbocycles. The summed E-state index contributed by atoms with van der Waals surface area (Å²) in [4.78, 5) is 12.2. The van der Waals surface area contributed by atoms with Gasteiger partial charge in [0.05, 0.1) is 6.61 Å². The zero-order valence-corrected chi connectivity index (χ0v) is 13.1. The van der Waals surface area contributed by atoms with Crippen molar-refractivity contribution < 1.29 is 9.53 Å². The van der Waals surface area contributed by atoms with E-state index >= 15 is 0 Å². The zero-order valence-electron chi connectivity index (χ0n) is 13.1. The molecule has 1 heterocycles. The molecule has 0 spiro atoms. The predicted molar refractivity (Wildman–Crippen MR) is 85.8 cm³/mol. The van der Waals surface area contributed by atoms with E-state index in [2.05, 4.69) is 17.6 Å². The Kier molecular flexibility index (Phi) is 6.05. The van der Waals surface area contributed by atoms with Gasteiger partial charge in [-0.05, 0) is 63.0 Å². The molecule has 0 saturated carbocycles. The lowest BCUT2D eigenvalue weighted by molar-refractivity contribution is -0.120. The zero-order chi connectivity index (χ0) is 15.1. The van der Waals surface area contributed by atoms with Crippen LogP contribution in [0.5, 0.6) is 5.75 Å². The molecule has 4 heteroatoms. The van der Waals surface area contributed by atoms with Gasteiger partial charge in [-0.25, -0.2) is 0 Å². The number of hydrogen-bond donors (Lipinski definition) is 2. The number of benzene rings is 1. The van der Waals surface area contributed by atoms with Crippen molar-refractivity contribution >= 4 is 11.6 Å². The van der Waals surface area contributed by atoms with Crippen molar-refractivity contribution in [3.05, 3.63) is 23.8 Å². The largest absolute Gasteiger partial charge is 0.494 e. The number of nitrogens with one attached hydrogen (secondary N) is 2. The summed E-state index contributed by atoms with van der Waals surface area (Å²) in [7, 11) is 0. The van der Waals surface area contributed by atoms with Crippen LogP contribution in [-0.2, 0) is 4.79 Å². The second kappa shape index (κ2) is 8.03. The molecule has 1 fully saturated rings. The third-order valence-corrected chi connectivity index (χ3v) is 3.93. The van der Waals surface area contributed by atoms with Crippen LogP contribution in [0, 0.1) is 12.8 Å². The Labute approximate surface area is 127 Å². The van der Waals surface area contributed by atoms with Gasteiger partial charge in [0, 0.05) is 11.6 Å². The lowest BCUT2D eigenvalue weighted by Crippen LogP contribution is -2.34. The van der Waals surface area contributed by atoms with Crippen LogP contribution in [-0.4, -0.2) is 25.6 Å². The fourth-order valence-electron chi connectivity index (χ4n) is 2.52. The summed E-state index contributed by atoms with van der Waals surface area (Å²) >= 11 is 0. The van der Waals surface area contributed by atoms with E-state index in [1.165, 1.54) is 0 Å². The molecule has 2 N–H and O–H groups in total. The number of carbonyl (C=O) groups excluding carboxylic acids is 1. The number of ether oxygens (including phenoxy) is 1. The van der Waals surface area contributed by atoms with E-state index in [9.17, 15) is 4.79 Å². The highest BCUT2D eigenvalue weighted by molar-refractivity contribution is 5.93. The molecular weight excluding hydrogens is 264 g/mol. The van der Waals surface area contributed by atoms with Crippen molar-refractivity contribution in [2.75, 3.05) is 25.0 Å². The highest BCUT2D eigenvalue weighted by atomic mass is 16.5. The lowest BCUT2D eigenvalue weighted by Gasteiger charge is -2.22. The van der Waals surface area contributed by atoms with Gasteiger partial charge in [0.2, 0.25) is 5.91 Å². The summed E-state index contributed by atoms with van der Waals surface area (Å²) < 4.78 is 5.68. The van der Waals surface area contributed by atoms with Gasteiger partial charge in [-0.1, -0.05) is 13.3 Å². The normalized spacial score (nSPS) is 15.7. The maximum Gasteiger partial charge on any atom is 0.227 e. The predicted octanol–water partition coefficient (Wildman–Crippen LogP) is 3.11. The van der Waals surface area contributed by atoms with Crippen LogP contribution < -0.4 is 15.4 Å². The number of anilines is 1. The third kappa shape index (κ3) is 4.74. The highest BCUT2D eigenvalue weighted by Gasteiger charge is 2.21. The Hall–Kier alpha value is -1.55. The smallest absolute Gasteiger partial charge is 0.227 e. The Balaban J connectivity index is 1.92. The first-order chi connectivity index (χ1) is 10.2. The molecule has 1 aliphatic heterocycles. The van der Waals surface area contributed by atoms with Crippen molar-refractivity contribution in [2.24, 2.45) is 5.92 Å². The van der Waals surface area contributed by atoms with Gasteiger partial charge in [-0.3, -0.25) is 4.79 Å². The van der Waals surface area contributed by atoms with Gasteiger partial charge in [-0.15, -0.1) is 0 Å². The summed E-state index contributed by atoms with van der Waals surface area (Å²) in [6.07, 6.45) is 4.03. The quantitative estimate of drug-likeness (QED) is 0.792. The first-order valence-corrected chi connectivity index (χ1v) is 7.95. The number of amides is 1. The topological polar surface area (TPSA) is 50.4 Å². The van der Waals surface area contributed by atoms with E-state index in [-0.39, 0.29) is 11.8 Å². The van der Waals surface area contributed by atoms with Gasteiger partial charge < -0.3 is 15.4 Å². The van der Waals surface area contributed by atoms with Crippen LogP contribution >= 0.6 is 0 Å². The summed E-state index contributed by atoms with van der Waals surface area (Å²) in [6.45, 7) is 6.76. The van der Waals surface area contributed by atoms with Gasteiger partial charge >= 0.3 is 0 Å². The minimum atomic E-state index is 0.131. The van der Waals surface area contributed by atoms with Crippen LogP contribution in [0.3, 0.4) is 0 Å². The molecule has 4 nitrogen and oxygen atoms in total. The molecule has 0 unspecified atom stereocenters. The maximum absolute atomic E-state index is 12.2. The Morgan fingerprint density at radius 2 is 2.14 bits per heavy atom. The molecule has 1 aromatic rings.